The van der Waals surface area contributed by atoms with E-state index in [-0.39, 0.29) is 5.91 Å². The van der Waals surface area contributed by atoms with E-state index in [1.165, 1.54) is 0 Å². The van der Waals surface area contributed by atoms with Crippen LogP contribution in [0.3, 0.4) is 0 Å². The first-order valence-electron chi connectivity index (χ1n) is 11.1. The Hall–Kier alpha value is -5.15. The van der Waals surface area contributed by atoms with Gasteiger partial charge in [-0.2, -0.15) is 5.26 Å². The molecule has 0 spiro atoms. The van der Waals surface area contributed by atoms with Crippen molar-refractivity contribution in [3.8, 4) is 6.07 Å². The summed E-state index contributed by atoms with van der Waals surface area (Å²) in [5.74, 6) is 0.403. The summed E-state index contributed by atoms with van der Waals surface area (Å²) < 4.78 is 0. The smallest absolute Gasteiger partial charge is 0.255 e. The molecule has 0 fully saturated rings. The van der Waals surface area contributed by atoms with Gasteiger partial charge in [0.15, 0.2) is 0 Å². The van der Waals surface area contributed by atoms with E-state index in [2.05, 4.69) is 27.0 Å². The summed E-state index contributed by atoms with van der Waals surface area (Å²) >= 11 is 0. The number of para-hydroxylation sites is 1. The summed E-state index contributed by atoms with van der Waals surface area (Å²) in [7, 11) is 0. The molecule has 6 nitrogen and oxygen atoms in total. The van der Waals surface area contributed by atoms with Crippen LogP contribution in [0.5, 0.6) is 0 Å². The average molecular weight is 456 g/mol. The highest BCUT2D eigenvalue weighted by molar-refractivity contribution is 6.05. The molecule has 4 aromatic carbocycles. The Bertz CT molecular complexity index is 1560. The summed E-state index contributed by atoms with van der Waals surface area (Å²) in [4.78, 5) is 17.4. The van der Waals surface area contributed by atoms with Gasteiger partial charge >= 0.3 is 0 Å². The van der Waals surface area contributed by atoms with Gasteiger partial charge in [0.2, 0.25) is 0 Å². The minimum absolute atomic E-state index is 0.219. The van der Waals surface area contributed by atoms with Gasteiger partial charge in [0, 0.05) is 39.9 Å². The van der Waals surface area contributed by atoms with Gasteiger partial charge in [-0.3, -0.25) is 4.79 Å². The molecule has 0 aliphatic heterocycles. The predicted octanol–water partition coefficient (Wildman–Crippen LogP) is 6.85. The van der Waals surface area contributed by atoms with Crippen molar-refractivity contribution in [2.24, 2.45) is 0 Å². The van der Waals surface area contributed by atoms with Crippen molar-refractivity contribution in [1.29, 1.82) is 5.26 Å². The van der Waals surface area contributed by atoms with Crippen molar-refractivity contribution in [3.05, 3.63) is 120 Å². The van der Waals surface area contributed by atoms with E-state index in [1.54, 1.807) is 30.5 Å². The van der Waals surface area contributed by atoms with Crippen LogP contribution in [0, 0.1) is 11.3 Å². The van der Waals surface area contributed by atoms with E-state index < -0.39 is 0 Å². The molecule has 35 heavy (non-hydrogen) atoms. The molecule has 3 N–H and O–H groups in total. The molecule has 0 saturated heterocycles. The molecule has 0 aliphatic carbocycles. The number of rotatable bonds is 6. The van der Waals surface area contributed by atoms with Crippen LogP contribution in [-0.4, -0.2) is 10.9 Å². The molecule has 0 radical (unpaired) electrons. The van der Waals surface area contributed by atoms with Gasteiger partial charge in [0.25, 0.3) is 5.91 Å². The standard InChI is InChI=1S/C29H21N5O/c30-19-20-12-13-21-14-15-31-28(27(21)16-20)33-24-9-4-6-22(17-24)29(35)34-26-11-5-10-25(18-26)32-23-7-2-1-3-8-23/h1-18,32H,(H,31,33)(H,34,35). The van der Waals surface area contributed by atoms with Gasteiger partial charge < -0.3 is 16.0 Å². The third-order valence-corrected chi connectivity index (χ3v) is 5.47. The number of carbonyl (C=O) groups excluding carboxylic acids is 1. The van der Waals surface area contributed by atoms with E-state index in [1.807, 2.05) is 78.9 Å². The Kier molecular flexibility index (Phi) is 6.05. The summed E-state index contributed by atoms with van der Waals surface area (Å²) in [5, 5.41) is 20.6. The van der Waals surface area contributed by atoms with Crippen LogP contribution >= 0.6 is 0 Å². The van der Waals surface area contributed by atoms with Gasteiger partial charge in [-0.1, -0.05) is 36.4 Å². The Morgan fingerprint density at radius 2 is 1.46 bits per heavy atom. The molecular weight excluding hydrogens is 434 g/mol. The van der Waals surface area contributed by atoms with Crippen LogP contribution in [0.15, 0.2) is 109 Å². The van der Waals surface area contributed by atoms with Crippen LogP contribution in [0.2, 0.25) is 0 Å². The van der Waals surface area contributed by atoms with Crippen LogP contribution < -0.4 is 16.0 Å². The lowest BCUT2D eigenvalue weighted by atomic mass is 10.1. The summed E-state index contributed by atoms with van der Waals surface area (Å²) in [6.45, 7) is 0. The quantitative estimate of drug-likeness (QED) is 0.261. The molecule has 1 amide bonds. The minimum Gasteiger partial charge on any atom is -0.355 e. The number of hydrogen-bond donors (Lipinski definition) is 3. The lowest BCUT2D eigenvalue weighted by Gasteiger charge is -2.12. The molecule has 5 aromatic rings. The SMILES string of the molecule is N#Cc1ccc2ccnc(Nc3cccc(C(=O)Nc4cccc(Nc5ccccc5)c4)c3)c2c1. The number of carbonyl (C=O) groups is 1. The monoisotopic (exact) mass is 455 g/mol. The third-order valence-electron chi connectivity index (χ3n) is 5.47. The molecule has 0 aliphatic rings. The summed E-state index contributed by atoms with van der Waals surface area (Å²) in [5.41, 5.74) is 4.33. The first-order chi connectivity index (χ1) is 17.2. The maximum Gasteiger partial charge on any atom is 0.255 e. The molecular formula is C29H21N5O. The molecule has 6 heteroatoms. The van der Waals surface area contributed by atoms with Crippen molar-refractivity contribution < 1.29 is 4.79 Å². The van der Waals surface area contributed by atoms with Gasteiger partial charge in [-0.25, -0.2) is 4.98 Å². The summed E-state index contributed by atoms with van der Waals surface area (Å²) in [6, 6.07) is 34.2. The van der Waals surface area contributed by atoms with Crippen molar-refractivity contribution in [3.63, 3.8) is 0 Å². The third kappa shape index (κ3) is 5.10. The van der Waals surface area contributed by atoms with E-state index >= 15 is 0 Å². The maximum atomic E-state index is 13.0. The van der Waals surface area contributed by atoms with E-state index in [4.69, 9.17) is 0 Å². The zero-order chi connectivity index (χ0) is 24.0. The second-order valence-corrected chi connectivity index (χ2v) is 7.94. The van der Waals surface area contributed by atoms with E-state index in [0.29, 0.717) is 22.6 Å². The molecule has 5 rings (SSSR count). The number of amides is 1. The fraction of sp³-hybridized carbons (Fsp3) is 0. The maximum absolute atomic E-state index is 13.0. The predicted molar refractivity (Wildman–Crippen MR) is 140 cm³/mol. The highest BCUT2D eigenvalue weighted by Gasteiger charge is 2.09. The fourth-order valence-corrected chi connectivity index (χ4v) is 3.78. The van der Waals surface area contributed by atoms with E-state index in [0.717, 1.165) is 27.8 Å². The molecule has 1 heterocycles. The van der Waals surface area contributed by atoms with Crippen molar-refractivity contribution >= 4 is 45.2 Å². The van der Waals surface area contributed by atoms with Crippen molar-refractivity contribution in [2.45, 2.75) is 0 Å². The van der Waals surface area contributed by atoms with Crippen molar-refractivity contribution in [2.75, 3.05) is 16.0 Å². The van der Waals surface area contributed by atoms with Crippen LogP contribution in [0.4, 0.5) is 28.6 Å². The number of anilines is 5. The lowest BCUT2D eigenvalue weighted by Crippen LogP contribution is -2.12. The number of nitrogens with zero attached hydrogens (tertiary/aromatic N) is 2. The Morgan fingerprint density at radius 1 is 0.714 bits per heavy atom. The summed E-state index contributed by atoms with van der Waals surface area (Å²) in [6.07, 6.45) is 1.71. The molecule has 0 saturated carbocycles. The number of benzene rings is 4. The number of hydrogen-bond acceptors (Lipinski definition) is 5. The number of nitriles is 1. The Morgan fingerprint density at radius 3 is 2.29 bits per heavy atom. The lowest BCUT2D eigenvalue weighted by molar-refractivity contribution is 0.102. The zero-order valence-corrected chi connectivity index (χ0v) is 18.7. The van der Waals surface area contributed by atoms with Crippen LogP contribution in [0.25, 0.3) is 10.8 Å². The van der Waals surface area contributed by atoms with Gasteiger partial charge in [-0.05, 0) is 72.1 Å². The normalized spacial score (nSPS) is 10.4. The molecule has 1 aromatic heterocycles. The molecule has 0 bridgehead atoms. The van der Waals surface area contributed by atoms with Gasteiger partial charge in [0.05, 0.1) is 11.6 Å². The Balaban J connectivity index is 1.33. The number of pyridine rings is 1. The topological polar surface area (TPSA) is 89.8 Å². The second kappa shape index (κ2) is 9.77. The average Bonchev–Trinajstić information content (AvgIpc) is 2.89. The molecule has 0 atom stereocenters. The van der Waals surface area contributed by atoms with E-state index in [9.17, 15) is 10.1 Å². The van der Waals surface area contributed by atoms with Crippen LogP contribution in [-0.2, 0) is 0 Å². The number of nitrogens with one attached hydrogen (secondary N) is 3. The van der Waals surface area contributed by atoms with Gasteiger partial charge in [0.1, 0.15) is 5.82 Å². The number of fused-ring (bicyclic) bond motifs is 1. The minimum atomic E-state index is -0.219. The number of aromatic nitrogens is 1. The molecule has 0 unspecified atom stereocenters. The molecule has 168 valence electrons. The van der Waals surface area contributed by atoms with Gasteiger partial charge in [-0.15, -0.1) is 0 Å². The van der Waals surface area contributed by atoms with Crippen LogP contribution in [0.1, 0.15) is 15.9 Å². The first-order valence-corrected chi connectivity index (χ1v) is 11.1. The highest BCUT2D eigenvalue weighted by atomic mass is 16.1. The first kappa shape index (κ1) is 21.7. The highest BCUT2D eigenvalue weighted by Crippen LogP contribution is 2.26. The van der Waals surface area contributed by atoms with Crippen molar-refractivity contribution in [1.82, 2.24) is 4.98 Å². The largest absolute Gasteiger partial charge is 0.355 e. The second-order valence-electron chi connectivity index (χ2n) is 7.94. The Labute approximate surface area is 202 Å². The zero-order valence-electron chi connectivity index (χ0n) is 18.7. The fourth-order valence-electron chi connectivity index (χ4n) is 3.78.